The molecule has 3 aromatic carbocycles. The van der Waals surface area contributed by atoms with Crippen LogP contribution in [0, 0.1) is 18.3 Å². The number of carboxylic acid groups (broad SMARTS) is 1. The molecule has 0 aromatic heterocycles. The Morgan fingerprint density at radius 2 is 1.61 bits per heavy atom. The maximum absolute atomic E-state index is 13.8. The first-order valence-corrected chi connectivity index (χ1v) is 16.6. The number of halogens is 2. The van der Waals surface area contributed by atoms with E-state index in [2.05, 4.69) is 10.6 Å². The minimum absolute atomic E-state index is 0.0269. The Hall–Kier alpha value is -4.15. The van der Waals surface area contributed by atoms with Gasteiger partial charge < -0.3 is 20.6 Å². The second kappa shape index (κ2) is 17.5. The predicted molar refractivity (Wildman–Crippen MR) is 175 cm³/mol. The average Bonchev–Trinajstić information content (AvgIpc) is 3.04. The minimum atomic E-state index is -4.25. The average molecular weight is 689 g/mol. The smallest absolute Gasteiger partial charge is 0.404 e. The van der Waals surface area contributed by atoms with E-state index < -0.39 is 41.0 Å². The molecule has 3 aromatic rings. The molecular weight excluding hydrogens is 653 g/mol. The van der Waals surface area contributed by atoms with Gasteiger partial charge in [-0.15, -0.1) is 0 Å². The zero-order valence-corrected chi connectivity index (χ0v) is 27.5. The normalized spacial score (nSPS) is 11.1. The summed E-state index contributed by atoms with van der Waals surface area (Å²) in [5, 5.41) is 23.0. The lowest BCUT2D eigenvalue weighted by atomic mass is 10.1. The van der Waals surface area contributed by atoms with Crippen molar-refractivity contribution in [2.24, 2.45) is 0 Å². The van der Waals surface area contributed by atoms with Crippen LogP contribution in [0.2, 0.25) is 10.0 Å². The summed E-state index contributed by atoms with van der Waals surface area (Å²) in [7, 11) is -4.25. The van der Waals surface area contributed by atoms with E-state index in [0.717, 1.165) is 15.4 Å². The van der Waals surface area contributed by atoms with Crippen molar-refractivity contribution in [1.82, 2.24) is 19.8 Å². The Kier molecular flexibility index (Phi) is 13.8. The highest BCUT2D eigenvalue weighted by Crippen LogP contribution is 2.32. The number of carbonyl (C=O) groups excluding carboxylic acids is 2. The summed E-state index contributed by atoms with van der Waals surface area (Å²) in [4.78, 5) is 38.5. The summed E-state index contributed by atoms with van der Waals surface area (Å²) >= 11 is 12.5. The lowest BCUT2D eigenvalue weighted by Gasteiger charge is -2.25. The van der Waals surface area contributed by atoms with Gasteiger partial charge >= 0.3 is 6.09 Å². The maximum Gasteiger partial charge on any atom is 0.404 e. The Bertz CT molecular complexity index is 1660. The van der Waals surface area contributed by atoms with Crippen molar-refractivity contribution in [2.75, 3.05) is 32.7 Å². The fourth-order valence-corrected chi connectivity index (χ4v) is 6.66. The van der Waals surface area contributed by atoms with Gasteiger partial charge in [-0.05, 0) is 67.1 Å². The van der Waals surface area contributed by atoms with Gasteiger partial charge in [0.2, 0.25) is 21.8 Å². The highest BCUT2D eigenvalue weighted by Gasteiger charge is 2.30. The Labute approximate surface area is 278 Å². The number of nitriles is 1. The van der Waals surface area contributed by atoms with E-state index in [0.29, 0.717) is 35.4 Å². The molecule has 0 atom stereocenters. The molecule has 244 valence electrons. The standard InChI is InChI=1S/C32H35Cl2N5O6S/c1-23-27(33)13-14-28(31(23)34)46(44,45)39(18-15-24-7-3-2-4-8-24)22-29(40)37-20-30(41)38(17-6-5-16-36-32(42)43)21-26-11-9-25(19-35)10-12-26/h2-4,7-14,36H,5-6,15-18,20-22H2,1H3,(H,37,40)(H,42,43). The molecule has 0 aliphatic heterocycles. The van der Waals surface area contributed by atoms with Crippen LogP contribution in [-0.4, -0.2) is 73.4 Å². The van der Waals surface area contributed by atoms with Crippen molar-refractivity contribution in [2.45, 2.75) is 37.6 Å². The van der Waals surface area contributed by atoms with Gasteiger partial charge in [0.25, 0.3) is 0 Å². The lowest BCUT2D eigenvalue weighted by Crippen LogP contribution is -2.45. The Balaban J connectivity index is 1.73. The predicted octanol–water partition coefficient (Wildman–Crippen LogP) is 4.60. The fourth-order valence-electron chi connectivity index (χ4n) is 4.48. The van der Waals surface area contributed by atoms with Crippen LogP contribution in [0.5, 0.6) is 0 Å². The third-order valence-electron chi connectivity index (χ3n) is 7.09. The van der Waals surface area contributed by atoms with Gasteiger partial charge in [-0.3, -0.25) is 9.59 Å². The topological polar surface area (TPSA) is 160 Å². The Morgan fingerprint density at radius 1 is 0.913 bits per heavy atom. The monoisotopic (exact) mass is 687 g/mol. The van der Waals surface area contributed by atoms with Crippen LogP contribution in [0.25, 0.3) is 0 Å². The SMILES string of the molecule is Cc1c(Cl)ccc(S(=O)(=O)N(CCc2ccccc2)CC(=O)NCC(=O)N(CCCCNC(=O)O)Cc2ccc(C#N)cc2)c1Cl. The van der Waals surface area contributed by atoms with E-state index in [-0.39, 0.29) is 36.1 Å². The van der Waals surface area contributed by atoms with Crippen molar-refractivity contribution < 1.29 is 27.9 Å². The first-order valence-electron chi connectivity index (χ1n) is 14.4. The molecule has 0 bridgehead atoms. The van der Waals surface area contributed by atoms with Crippen LogP contribution in [0.4, 0.5) is 4.79 Å². The van der Waals surface area contributed by atoms with Crippen LogP contribution >= 0.6 is 23.2 Å². The summed E-state index contributed by atoms with van der Waals surface area (Å²) in [5.74, 6) is -1.10. The van der Waals surface area contributed by atoms with Crippen molar-refractivity contribution in [1.29, 1.82) is 5.26 Å². The number of benzene rings is 3. The van der Waals surface area contributed by atoms with Crippen LogP contribution < -0.4 is 10.6 Å². The van der Waals surface area contributed by atoms with Crippen molar-refractivity contribution in [3.8, 4) is 6.07 Å². The minimum Gasteiger partial charge on any atom is -0.465 e. The van der Waals surface area contributed by atoms with Crippen LogP contribution in [0.1, 0.15) is 35.1 Å². The summed E-state index contributed by atoms with van der Waals surface area (Å²) < 4.78 is 28.6. The molecule has 0 spiro atoms. The lowest BCUT2D eigenvalue weighted by molar-refractivity contribution is -0.133. The van der Waals surface area contributed by atoms with E-state index in [4.69, 9.17) is 33.6 Å². The van der Waals surface area contributed by atoms with Crippen molar-refractivity contribution >= 4 is 51.1 Å². The zero-order valence-electron chi connectivity index (χ0n) is 25.2. The highest BCUT2D eigenvalue weighted by atomic mass is 35.5. The molecular formula is C32H35Cl2N5O6S. The molecule has 0 saturated heterocycles. The first-order chi connectivity index (χ1) is 21.9. The molecule has 0 heterocycles. The summed E-state index contributed by atoms with van der Waals surface area (Å²) in [6, 6.07) is 20.7. The molecule has 46 heavy (non-hydrogen) atoms. The third-order valence-corrected chi connectivity index (χ3v) is 9.99. The Morgan fingerprint density at radius 3 is 2.26 bits per heavy atom. The van der Waals surface area contributed by atoms with Crippen molar-refractivity contribution in [3.63, 3.8) is 0 Å². The highest BCUT2D eigenvalue weighted by molar-refractivity contribution is 7.89. The summed E-state index contributed by atoms with van der Waals surface area (Å²) in [6.07, 6.45) is 0.160. The molecule has 0 aliphatic rings. The van der Waals surface area contributed by atoms with E-state index in [9.17, 15) is 22.8 Å². The summed E-state index contributed by atoms with van der Waals surface area (Å²) in [5.41, 5.74) is 2.49. The van der Waals surface area contributed by atoms with Gasteiger partial charge in [0, 0.05) is 31.2 Å². The van der Waals surface area contributed by atoms with Gasteiger partial charge in [-0.25, -0.2) is 13.2 Å². The number of carbonyl (C=O) groups is 3. The van der Waals surface area contributed by atoms with Crippen LogP contribution in [0.15, 0.2) is 71.6 Å². The molecule has 0 fully saturated rings. The number of nitrogens with one attached hydrogen (secondary N) is 2. The molecule has 0 aliphatic carbocycles. The second-order valence-corrected chi connectivity index (χ2v) is 13.1. The third kappa shape index (κ3) is 10.7. The van der Waals surface area contributed by atoms with Crippen LogP contribution in [0.3, 0.4) is 0 Å². The molecule has 11 nitrogen and oxygen atoms in total. The maximum atomic E-state index is 13.8. The van der Waals surface area contributed by atoms with Crippen LogP contribution in [-0.2, 0) is 32.6 Å². The molecule has 3 amide bonds. The second-order valence-electron chi connectivity index (χ2n) is 10.4. The number of rotatable bonds is 16. The van der Waals surface area contributed by atoms with E-state index in [1.54, 1.807) is 31.2 Å². The number of sulfonamides is 1. The number of amides is 3. The van der Waals surface area contributed by atoms with Gasteiger partial charge in [-0.1, -0.05) is 65.7 Å². The van der Waals surface area contributed by atoms with Gasteiger partial charge in [0.15, 0.2) is 0 Å². The van der Waals surface area contributed by atoms with Gasteiger partial charge in [0.05, 0.1) is 29.7 Å². The molecule has 3 rings (SSSR count). The van der Waals surface area contributed by atoms with E-state index in [1.807, 2.05) is 36.4 Å². The molecule has 3 N–H and O–H groups in total. The van der Waals surface area contributed by atoms with E-state index in [1.165, 1.54) is 17.0 Å². The molecule has 0 saturated carbocycles. The quantitative estimate of drug-likeness (QED) is 0.186. The number of hydrogen-bond acceptors (Lipinski definition) is 6. The molecule has 14 heteroatoms. The first kappa shape index (κ1) is 36.3. The van der Waals surface area contributed by atoms with E-state index >= 15 is 0 Å². The molecule has 0 radical (unpaired) electrons. The summed E-state index contributed by atoms with van der Waals surface area (Å²) in [6.45, 7) is 1.31. The number of unbranched alkanes of at least 4 members (excludes halogenated alkanes) is 1. The fraction of sp³-hybridized carbons (Fsp3) is 0.312. The largest absolute Gasteiger partial charge is 0.465 e. The zero-order chi connectivity index (χ0) is 33.7. The van der Waals surface area contributed by atoms with Gasteiger partial charge in [-0.2, -0.15) is 9.57 Å². The van der Waals surface area contributed by atoms with Gasteiger partial charge in [0.1, 0.15) is 4.90 Å². The van der Waals surface area contributed by atoms with Crippen molar-refractivity contribution in [3.05, 3.63) is 99.0 Å². The molecule has 0 unspecified atom stereocenters. The number of hydrogen-bond donors (Lipinski definition) is 3. The number of nitrogens with zero attached hydrogens (tertiary/aromatic N) is 3.